The van der Waals surface area contributed by atoms with Crippen LogP contribution in [0.1, 0.15) is 15.9 Å². The maximum absolute atomic E-state index is 11.0. The number of para-hydroxylation sites is 2. The van der Waals surface area contributed by atoms with Crippen LogP contribution in [0, 0.1) is 0 Å². The number of hydrogen-bond acceptors (Lipinski definition) is 3. The van der Waals surface area contributed by atoms with Crippen LogP contribution in [0.2, 0.25) is 0 Å². The lowest BCUT2D eigenvalue weighted by molar-refractivity contribution is 0.1000. The van der Waals surface area contributed by atoms with E-state index in [0.717, 1.165) is 5.56 Å². The molecule has 3 N–H and O–H groups in total. The van der Waals surface area contributed by atoms with Crippen LogP contribution >= 0.6 is 0 Å². The molecule has 1 amide bonds. The van der Waals surface area contributed by atoms with Gasteiger partial charge in [-0.05, 0) is 29.8 Å². The summed E-state index contributed by atoms with van der Waals surface area (Å²) >= 11 is 0. The van der Waals surface area contributed by atoms with Gasteiger partial charge in [0.1, 0.15) is 6.61 Å². The predicted octanol–water partition coefficient (Wildman–Crippen LogP) is 2.07. The van der Waals surface area contributed by atoms with Gasteiger partial charge in [0, 0.05) is 5.56 Å². The molecular formula is C14H13NO3. The minimum absolute atomic E-state index is 0.0866. The van der Waals surface area contributed by atoms with Crippen molar-refractivity contribution in [2.75, 3.05) is 0 Å². The van der Waals surface area contributed by atoms with Crippen LogP contribution in [-0.4, -0.2) is 11.0 Å². The standard InChI is InChI=1S/C14H13NO3/c15-14(17)11-5-3-4-10(8-11)9-18-13-7-2-1-6-12(13)16/h1-8,16H,9H2,(H2,15,17). The van der Waals surface area contributed by atoms with Crippen molar-refractivity contribution in [1.82, 2.24) is 0 Å². The average molecular weight is 243 g/mol. The van der Waals surface area contributed by atoms with Crippen molar-refractivity contribution in [3.05, 3.63) is 59.7 Å². The molecule has 0 bridgehead atoms. The van der Waals surface area contributed by atoms with Gasteiger partial charge in [0.15, 0.2) is 11.5 Å². The Kier molecular flexibility index (Phi) is 3.48. The van der Waals surface area contributed by atoms with Gasteiger partial charge in [0.25, 0.3) is 0 Å². The molecular weight excluding hydrogens is 230 g/mol. The fourth-order valence-electron chi connectivity index (χ4n) is 1.55. The zero-order chi connectivity index (χ0) is 13.0. The molecule has 0 aliphatic carbocycles. The highest BCUT2D eigenvalue weighted by atomic mass is 16.5. The molecule has 2 rings (SSSR count). The summed E-state index contributed by atoms with van der Waals surface area (Å²) in [5.74, 6) is 0.0185. The summed E-state index contributed by atoms with van der Waals surface area (Å²) in [5.41, 5.74) is 6.45. The van der Waals surface area contributed by atoms with Gasteiger partial charge >= 0.3 is 0 Å². The van der Waals surface area contributed by atoms with Gasteiger partial charge in [-0.3, -0.25) is 4.79 Å². The van der Waals surface area contributed by atoms with E-state index < -0.39 is 5.91 Å². The summed E-state index contributed by atoms with van der Waals surface area (Å²) in [6, 6.07) is 13.6. The first-order chi connectivity index (χ1) is 8.66. The number of hydrogen-bond donors (Lipinski definition) is 2. The third-order valence-electron chi connectivity index (χ3n) is 2.47. The van der Waals surface area contributed by atoms with Crippen molar-refractivity contribution >= 4 is 5.91 Å². The number of carbonyl (C=O) groups excluding carboxylic acids is 1. The molecule has 0 heterocycles. The zero-order valence-electron chi connectivity index (χ0n) is 9.67. The Balaban J connectivity index is 2.09. The lowest BCUT2D eigenvalue weighted by atomic mass is 10.1. The quantitative estimate of drug-likeness (QED) is 0.863. The summed E-state index contributed by atoms with van der Waals surface area (Å²) in [6.07, 6.45) is 0. The molecule has 4 nitrogen and oxygen atoms in total. The SMILES string of the molecule is NC(=O)c1cccc(COc2ccccc2O)c1. The van der Waals surface area contributed by atoms with Gasteiger partial charge in [0.2, 0.25) is 5.91 Å². The van der Waals surface area contributed by atoms with Gasteiger partial charge < -0.3 is 15.6 Å². The van der Waals surface area contributed by atoms with Crippen molar-refractivity contribution in [3.63, 3.8) is 0 Å². The normalized spacial score (nSPS) is 10.0. The summed E-state index contributed by atoms with van der Waals surface area (Å²) in [5, 5.41) is 9.53. The number of phenolic OH excluding ortho intramolecular Hbond substituents is 1. The Bertz CT molecular complexity index is 566. The summed E-state index contributed by atoms with van der Waals surface area (Å²) < 4.78 is 5.46. The Hall–Kier alpha value is -2.49. The third-order valence-corrected chi connectivity index (χ3v) is 2.47. The highest BCUT2D eigenvalue weighted by Crippen LogP contribution is 2.25. The molecule has 0 saturated heterocycles. The van der Waals surface area contributed by atoms with Gasteiger partial charge in [-0.25, -0.2) is 0 Å². The van der Waals surface area contributed by atoms with E-state index in [1.54, 1.807) is 42.5 Å². The Morgan fingerprint density at radius 2 is 1.94 bits per heavy atom. The summed E-state index contributed by atoms with van der Waals surface area (Å²) in [7, 11) is 0. The Morgan fingerprint density at radius 3 is 2.67 bits per heavy atom. The second kappa shape index (κ2) is 5.23. The molecule has 18 heavy (non-hydrogen) atoms. The average Bonchev–Trinajstić information content (AvgIpc) is 2.38. The largest absolute Gasteiger partial charge is 0.504 e. The molecule has 0 atom stereocenters. The molecule has 0 spiro atoms. The van der Waals surface area contributed by atoms with Gasteiger partial charge in [-0.1, -0.05) is 24.3 Å². The van der Waals surface area contributed by atoms with E-state index in [1.807, 2.05) is 6.07 Å². The van der Waals surface area contributed by atoms with E-state index in [2.05, 4.69) is 0 Å². The summed E-state index contributed by atoms with van der Waals surface area (Å²) in [4.78, 5) is 11.0. The van der Waals surface area contributed by atoms with E-state index in [1.165, 1.54) is 0 Å². The number of primary amides is 1. The molecule has 0 aromatic heterocycles. The maximum Gasteiger partial charge on any atom is 0.248 e. The molecule has 0 radical (unpaired) electrons. The molecule has 2 aromatic carbocycles. The van der Waals surface area contributed by atoms with Crippen LogP contribution < -0.4 is 10.5 Å². The highest BCUT2D eigenvalue weighted by molar-refractivity contribution is 5.92. The van der Waals surface area contributed by atoms with E-state index in [9.17, 15) is 9.90 Å². The smallest absolute Gasteiger partial charge is 0.248 e. The number of aromatic hydroxyl groups is 1. The maximum atomic E-state index is 11.0. The molecule has 0 saturated carbocycles. The fraction of sp³-hybridized carbons (Fsp3) is 0.0714. The van der Waals surface area contributed by atoms with Crippen LogP contribution in [0.3, 0.4) is 0 Å². The van der Waals surface area contributed by atoms with E-state index in [4.69, 9.17) is 10.5 Å². The van der Waals surface area contributed by atoms with Crippen LogP contribution in [0.25, 0.3) is 0 Å². The van der Waals surface area contributed by atoms with Gasteiger partial charge in [-0.15, -0.1) is 0 Å². The predicted molar refractivity (Wildman–Crippen MR) is 67.4 cm³/mol. The zero-order valence-corrected chi connectivity index (χ0v) is 9.67. The number of ether oxygens (including phenoxy) is 1. The van der Waals surface area contributed by atoms with Crippen molar-refractivity contribution < 1.29 is 14.6 Å². The number of carbonyl (C=O) groups is 1. The minimum Gasteiger partial charge on any atom is -0.504 e. The topological polar surface area (TPSA) is 72.6 Å². The van der Waals surface area contributed by atoms with Crippen LogP contribution in [-0.2, 0) is 6.61 Å². The lowest BCUT2D eigenvalue weighted by Crippen LogP contribution is -2.11. The molecule has 0 aliphatic heterocycles. The number of benzene rings is 2. The number of rotatable bonds is 4. The van der Waals surface area contributed by atoms with E-state index in [-0.39, 0.29) is 12.4 Å². The lowest BCUT2D eigenvalue weighted by Gasteiger charge is -2.08. The van der Waals surface area contributed by atoms with Crippen LogP contribution in [0.15, 0.2) is 48.5 Å². The third kappa shape index (κ3) is 2.79. The first-order valence-corrected chi connectivity index (χ1v) is 5.46. The first-order valence-electron chi connectivity index (χ1n) is 5.46. The Morgan fingerprint density at radius 1 is 1.17 bits per heavy atom. The van der Waals surface area contributed by atoms with Gasteiger partial charge in [-0.2, -0.15) is 0 Å². The molecule has 0 aliphatic rings. The molecule has 0 unspecified atom stereocenters. The molecule has 2 aromatic rings. The Labute approximate surface area is 105 Å². The van der Waals surface area contributed by atoms with Crippen LogP contribution in [0.4, 0.5) is 0 Å². The minimum atomic E-state index is -0.473. The fourth-order valence-corrected chi connectivity index (χ4v) is 1.55. The second-order valence-corrected chi connectivity index (χ2v) is 3.82. The highest BCUT2D eigenvalue weighted by Gasteiger charge is 2.04. The molecule has 0 fully saturated rings. The monoisotopic (exact) mass is 243 g/mol. The van der Waals surface area contributed by atoms with Crippen molar-refractivity contribution in [2.24, 2.45) is 5.73 Å². The van der Waals surface area contributed by atoms with Crippen molar-refractivity contribution in [2.45, 2.75) is 6.61 Å². The van der Waals surface area contributed by atoms with E-state index >= 15 is 0 Å². The van der Waals surface area contributed by atoms with Crippen LogP contribution in [0.5, 0.6) is 11.5 Å². The van der Waals surface area contributed by atoms with E-state index in [0.29, 0.717) is 11.3 Å². The van der Waals surface area contributed by atoms with Crippen molar-refractivity contribution in [3.8, 4) is 11.5 Å². The number of phenols is 1. The molecule has 4 heteroatoms. The second-order valence-electron chi connectivity index (χ2n) is 3.82. The van der Waals surface area contributed by atoms with Gasteiger partial charge in [0.05, 0.1) is 0 Å². The first kappa shape index (κ1) is 12.0. The van der Waals surface area contributed by atoms with Crippen molar-refractivity contribution in [1.29, 1.82) is 0 Å². The number of nitrogens with two attached hydrogens (primary N) is 1. The summed E-state index contributed by atoms with van der Waals surface area (Å²) in [6.45, 7) is 0.263. The number of amides is 1. The molecule has 92 valence electrons.